The van der Waals surface area contributed by atoms with Gasteiger partial charge in [0.15, 0.2) is 0 Å². The van der Waals surface area contributed by atoms with Crippen LogP contribution < -0.4 is 0 Å². The van der Waals surface area contributed by atoms with Crippen molar-refractivity contribution < 1.29 is 14.9 Å². The van der Waals surface area contributed by atoms with Crippen molar-refractivity contribution in [3.8, 4) is 0 Å². The fraction of sp³-hybridized carbons (Fsp3) is 1.00. The molecule has 0 aromatic heterocycles. The van der Waals surface area contributed by atoms with Gasteiger partial charge in [0.2, 0.25) is 0 Å². The van der Waals surface area contributed by atoms with Crippen molar-refractivity contribution in [3.63, 3.8) is 0 Å². The van der Waals surface area contributed by atoms with Crippen LogP contribution in [0.2, 0.25) is 0 Å². The maximum atomic E-state index is 9.45. The lowest BCUT2D eigenvalue weighted by atomic mass is 9.89. The summed E-state index contributed by atoms with van der Waals surface area (Å²) < 4.78 is 5.28. The largest absolute Gasteiger partial charge is 0.390 e. The molecule has 11 heavy (non-hydrogen) atoms. The van der Waals surface area contributed by atoms with Gasteiger partial charge in [0.25, 0.3) is 0 Å². The van der Waals surface area contributed by atoms with Crippen molar-refractivity contribution in [2.45, 2.75) is 45.2 Å². The standard InChI is InChI=1S/C8H16O3/c1-4-7(9)5(2)11-6(3)8(4)10/h4-10H,1-3H3/t4?,5-,6?,7+,8+/m0/s1. The lowest BCUT2D eigenvalue weighted by Gasteiger charge is -2.38. The van der Waals surface area contributed by atoms with Gasteiger partial charge in [0.05, 0.1) is 24.4 Å². The molecule has 3 heteroatoms. The predicted octanol–water partition coefficient (Wildman–Crippen LogP) is 0.152. The zero-order chi connectivity index (χ0) is 8.59. The van der Waals surface area contributed by atoms with E-state index in [0.29, 0.717) is 0 Å². The molecule has 0 aliphatic carbocycles. The van der Waals surface area contributed by atoms with Crippen LogP contribution in [-0.2, 0) is 4.74 Å². The highest BCUT2D eigenvalue weighted by Crippen LogP contribution is 2.24. The Labute approximate surface area is 67.0 Å². The Balaban J connectivity index is 2.63. The Morgan fingerprint density at radius 3 is 1.64 bits per heavy atom. The Morgan fingerprint density at radius 1 is 0.909 bits per heavy atom. The zero-order valence-corrected chi connectivity index (χ0v) is 7.19. The molecule has 0 spiro atoms. The van der Waals surface area contributed by atoms with Crippen LogP contribution in [0.25, 0.3) is 0 Å². The van der Waals surface area contributed by atoms with Gasteiger partial charge in [-0.3, -0.25) is 0 Å². The molecule has 5 atom stereocenters. The fourth-order valence-electron chi connectivity index (χ4n) is 1.56. The highest BCUT2D eigenvalue weighted by molar-refractivity contribution is 4.85. The number of hydrogen-bond acceptors (Lipinski definition) is 3. The molecule has 0 amide bonds. The minimum absolute atomic E-state index is 0.0891. The highest BCUT2D eigenvalue weighted by atomic mass is 16.5. The number of ether oxygens (including phenoxy) is 1. The van der Waals surface area contributed by atoms with Gasteiger partial charge in [0, 0.05) is 5.92 Å². The summed E-state index contributed by atoms with van der Waals surface area (Å²) in [6.45, 7) is 5.48. The molecule has 0 radical (unpaired) electrons. The third kappa shape index (κ3) is 1.55. The summed E-state index contributed by atoms with van der Waals surface area (Å²) in [5.41, 5.74) is 0. The lowest BCUT2D eigenvalue weighted by molar-refractivity contribution is -0.183. The van der Waals surface area contributed by atoms with E-state index in [0.717, 1.165) is 0 Å². The first kappa shape index (κ1) is 8.97. The summed E-state index contributed by atoms with van der Waals surface area (Å²) in [7, 11) is 0. The molecule has 3 nitrogen and oxygen atoms in total. The molecule has 1 saturated heterocycles. The summed E-state index contributed by atoms with van der Waals surface area (Å²) in [5, 5.41) is 18.9. The molecule has 2 N–H and O–H groups in total. The van der Waals surface area contributed by atoms with Crippen molar-refractivity contribution in [3.05, 3.63) is 0 Å². The number of rotatable bonds is 0. The molecule has 0 aromatic carbocycles. The van der Waals surface area contributed by atoms with Crippen LogP contribution in [0.1, 0.15) is 20.8 Å². The summed E-state index contributed by atoms with van der Waals surface area (Å²) in [6.07, 6.45) is -1.41. The van der Waals surface area contributed by atoms with E-state index in [1.54, 1.807) is 0 Å². The smallest absolute Gasteiger partial charge is 0.0850 e. The van der Waals surface area contributed by atoms with E-state index >= 15 is 0 Å². The van der Waals surface area contributed by atoms with Gasteiger partial charge >= 0.3 is 0 Å². The molecule has 1 heterocycles. The Kier molecular flexibility index (Phi) is 2.52. The number of aliphatic hydroxyl groups is 2. The summed E-state index contributed by atoms with van der Waals surface area (Å²) in [4.78, 5) is 0. The normalized spacial score (nSPS) is 52.6. The summed E-state index contributed by atoms with van der Waals surface area (Å²) in [6, 6.07) is 0. The first-order chi connectivity index (χ1) is 5.04. The second-order valence-electron chi connectivity index (χ2n) is 3.39. The number of aliphatic hydroxyl groups excluding tert-OH is 2. The fourth-order valence-corrected chi connectivity index (χ4v) is 1.56. The van der Waals surface area contributed by atoms with Gasteiger partial charge in [-0.25, -0.2) is 0 Å². The van der Waals surface area contributed by atoms with Crippen LogP contribution in [-0.4, -0.2) is 34.6 Å². The molecule has 1 fully saturated rings. The monoisotopic (exact) mass is 160 g/mol. The van der Waals surface area contributed by atoms with Crippen molar-refractivity contribution in [2.24, 2.45) is 5.92 Å². The minimum atomic E-state index is -0.541. The van der Waals surface area contributed by atoms with Crippen LogP contribution in [0.3, 0.4) is 0 Å². The second kappa shape index (κ2) is 3.09. The van der Waals surface area contributed by atoms with Crippen LogP contribution in [0.5, 0.6) is 0 Å². The van der Waals surface area contributed by atoms with Gasteiger partial charge in [-0.15, -0.1) is 0 Å². The molecular weight excluding hydrogens is 144 g/mol. The molecule has 0 aromatic rings. The quantitative estimate of drug-likeness (QED) is 0.530. The Morgan fingerprint density at radius 2 is 1.27 bits per heavy atom. The van der Waals surface area contributed by atoms with Gasteiger partial charge in [-0.05, 0) is 13.8 Å². The van der Waals surface area contributed by atoms with Crippen LogP contribution in [0, 0.1) is 5.92 Å². The zero-order valence-electron chi connectivity index (χ0n) is 7.19. The SMILES string of the molecule is CC1O[C@@H](C)[C@H](O)C(C)[C@H]1O. The van der Waals surface area contributed by atoms with E-state index in [-0.39, 0.29) is 18.1 Å². The summed E-state index contributed by atoms with van der Waals surface area (Å²) >= 11 is 0. The topological polar surface area (TPSA) is 49.7 Å². The molecule has 1 rings (SSSR count). The van der Waals surface area contributed by atoms with E-state index in [1.807, 2.05) is 20.8 Å². The van der Waals surface area contributed by atoms with E-state index in [1.165, 1.54) is 0 Å². The first-order valence-electron chi connectivity index (χ1n) is 4.05. The van der Waals surface area contributed by atoms with Gasteiger partial charge in [-0.1, -0.05) is 6.92 Å². The summed E-state index contributed by atoms with van der Waals surface area (Å²) in [5.74, 6) is -0.0891. The number of hydrogen-bond donors (Lipinski definition) is 2. The third-order valence-electron chi connectivity index (χ3n) is 2.47. The molecular formula is C8H16O3. The van der Waals surface area contributed by atoms with E-state index in [4.69, 9.17) is 4.74 Å². The Bertz CT molecular complexity index is 123. The maximum absolute atomic E-state index is 9.45. The minimum Gasteiger partial charge on any atom is -0.390 e. The van der Waals surface area contributed by atoms with Crippen molar-refractivity contribution in [1.82, 2.24) is 0 Å². The van der Waals surface area contributed by atoms with E-state index < -0.39 is 12.2 Å². The van der Waals surface area contributed by atoms with Crippen molar-refractivity contribution in [2.75, 3.05) is 0 Å². The molecule has 0 bridgehead atoms. The van der Waals surface area contributed by atoms with Gasteiger partial charge in [-0.2, -0.15) is 0 Å². The van der Waals surface area contributed by atoms with Crippen LogP contribution in [0.15, 0.2) is 0 Å². The van der Waals surface area contributed by atoms with Gasteiger partial charge in [0.1, 0.15) is 0 Å². The Hall–Kier alpha value is -0.120. The molecule has 2 unspecified atom stereocenters. The van der Waals surface area contributed by atoms with Gasteiger partial charge < -0.3 is 14.9 Å². The first-order valence-corrected chi connectivity index (χ1v) is 4.05. The average molecular weight is 160 g/mol. The van der Waals surface area contributed by atoms with Crippen molar-refractivity contribution >= 4 is 0 Å². The average Bonchev–Trinajstić information content (AvgIpc) is 1.97. The maximum Gasteiger partial charge on any atom is 0.0850 e. The third-order valence-corrected chi connectivity index (χ3v) is 2.47. The van der Waals surface area contributed by atoms with Crippen molar-refractivity contribution in [1.29, 1.82) is 0 Å². The highest BCUT2D eigenvalue weighted by Gasteiger charge is 2.37. The van der Waals surface area contributed by atoms with E-state index in [2.05, 4.69) is 0 Å². The second-order valence-corrected chi connectivity index (χ2v) is 3.39. The molecule has 0 saturated carbocycles. The molecule has 1 aliphatic heterocycles. The molecule has 66 valence electrons. The van der Waals surface area contributed by atoms with Crippen LogP contribution in [0.4, 0.5) is 0 Å². The van der Waals surface area contributed by atoms with Crippen LogP contribution >= 0.6 is 0 Å². The molecule has 1 aliphatic rings. The lowest BCUT2D eigenvalue weighted by Crippen LogP contribution is -2.50. The van der Waals surface area contributed by atoms with E-state index in [9.17, 15) is 10.2 Å². The predicted molar refractivity (Wildman–Crippen MR) is 41.2 cm³/mol.